The van der Waals surface area contributed by atoms with Crippen molar-refractivity contribution in [2.75, 3.05) is 5.32 Å². The quantitative estimate of drug-likeness (QED) is 0.367. The van der Waals surface area contributed by atoms with Gasteiger partial charge in [0.2, 0.25) is 5.95 Å². The van der Waals surface area contributed by atoms with E-state index in [0.29, 0.717) is 28.1 Å². The van der Waals surface area contributed by atoms with Crippen LogP contribution >= 0.6 is 34.5 Å². The first-order valence-corrected chi connectivity index (χ1v) is 11.0. The number of benzene rings is 2. The van der Waals surface area contributed by atoms with Crippen LogP contribution in [0.3, 0.4) is 0 Å². The van der Waals surface area contributed by atoms with Gasteiger partial charge in [-0.05, 0) is 48.2 Å². The molecule has 0 fully saturated rings. The summed E-state index contributed by atoms with van der Waals surface area (Å²) < 4.78 is 7.38. The fourth-order valence-electron chi connectivity index (χ4n) is 2.79. The third-order valence-electron chi connectivity index (χ3n) is 4.39. The molecule has 0 saturated heterocycles. The van der Waals surface area contributed by atoms with Crippen LogP contribution in [0, 0.1) is 6.92 Å². The van der Waals surface area contributed by atoms with Gasteiger partial charge >= 0.3 is 0 Å². The van der Waals surface area contributed by atoms with E-state index in [4.69, 9.17) is 27.9 Å². The van der Waals surface area contributed by atoms with Crippen LogP contribution in [0.5, 0.6) is 5.75 Å². The van der Waals surface area contributed by atoms with Crippen LogP contribution in [0.1, 0.15) is 26.4 Å². The number of aromatic nitrogens is 3. The van der Waals surface area contributed by atoms with Gasteiger partial charge in [-0.25, -0.2) is 9.67 Å². The van der Waals surface area contributed by atoms with Crippen molar-refractivity contribution in [3.05, 3.63) is 91.9 Å². The highest BCUT2D eigenvalue weighted by Gasteiger charge is 2.13. The molecule has 0 aliphatic rings. The van der Waals surface area contributed by atoms with Crippen molar-refractivity contribution in [3.63, 3.8) is 0 Å². The van der Waals surface area contributed by atoms with Gasteiger partial charge in [0.05, 0.1) is 21.5 Å². The lowest BCUT2D eigenvalue weighted by Gasteiger charge is -2.04. The van der Waals surface area contributed by atoms with E-state index >= 15 is 0 Å². The van der Waals surface area contributed by atoms with Crippen LogP contribution in [0.25, 0.3) is 0 Å². The molecule has 2 aromatic heterocycles. The molecule has 158 valence electrons. The average Bonchev–Trinajstić information content (AvgIpc) is 3.40. The number of nitrogens with zero attached hydrogens (tertiary/aromatic N) is 3. The maximum atomic E-state index is 12.5. The fraction of sp³-hybridized carbons (Fsp3) is 0.136. The van der Waals surface area contributed by atoms with Gasteiger partial charge < -0.3 is 4.74 Å². The van der Waals surface area contributed by atoms with Crippen molar-refractivity contribution in [3.8, 4) is 5.75 Å². The Morgan fingerprint density at radius 1 is 1.10 bits per heavy atom. The number of aryl methyl sites for hydroxylation is 1. The summed E-state index contributed by atoms with van der Waals surface area (Å²) in [5.41, 5.74) is 3.03. The molecule has 0 radical (unpaired) electrons. The second kappa shape index (κ2) is 9.51. The minimum absolute atomic E-state index is 0.232. The Kier molecular flexibility index (Phi) is 6.56. The Morgan fingerprint density at radius 3 is 2.68 bits per heavy atom. The van der Waals surface area contributed by atoms with Crippen LogP contribution in [-0.2, 0) is 13.2 Å². The second-order valence-corrected chi connectivity index (χ2v) is 8.61. The molecule has 9 heteroatoms. The Balaban J connectivity index is 1.33. The smallest absolute Gasteiger partial charge is 0.268 e. The van der Waals surface area contributed by atoms with Crippen molar-refractivity contribution in [1.82, 2.24) is 14.8 Å². The number of hydrogen-bond donors (Lipinski definition) is 1. The van der Waals surface area contributed by atoms with Crippen LogP contribution < -0.4 is 10.1 Å². The van der Waals surface area contributed by atoms with Crippen LogP contribution in [-0.4, -0.2) is 20.7 Å². The Bertz CT molecular complexity index is 1200. The number of amides is 1. The number of nitrogens with one attached hydrogen (secondary N) is 1. The van der Waals surface area contributed by atoms with E-state index in [-0.39, 0.29) is 11.9 Å². The van der Waals surface area contributed by atoms with Crippen molar-refractivity contribution in [2.24, 2.45) is 0 Å². The number of hydrogen-bond acceptors (Lipinski definition) is 5. The van der Waals surface area contributed by atoms with Crippen LogP contribution in [0.15, 0.2) is 60.2 Å². The van der Waals surface area contributed by atoms with E-state index in [0.717, 1.165) is 16.9 Å². The molecule has 0 atom stereocenters. The molecular formula is C22H18Cl2N4O2S. The van der Waals surface area contributed by atoms with E-state index in [9.17, 15) is 4.79 Å². The Hall–Kier alpha value is -2.87. The number of carbonyl (C=O) groups is 1. The zero-order valence-electron chi connectivity index (χ0n) is 16.5. The van der Waals surface area contributed by atoms with E-state index in [2.05, 4.69) is 15.4 Å². The highest BCUT2D eigenvalue weighted by molar-refractivity contribution is 7.12. The summed E-state index contributed by atoms with van der Waals surface area (Å²) in [4.78, 5) is 17.2. The maximum absolute atomic E-state index is 12.5. The Morgan fingerprint density at radius 2 is 1.90 bits per heavy atom. The van der Waals surface area contributed by atoms with Gasteiger partial charge in [-0.15, -0.1) is 16.4 Å². The summed E-state index contributed by atoms with van der Waals surface area (Å²) in [6.07, 6.45) is 1.55. The molecule has 0 saturated carbocycles. The van der Waals surface area contributed by atoms with Gasteiger partial charge in [0.15, 0.2) is 0 Å². The normalized spacial score (nSPS) is 10.8. The molecule has 0 unspecified atom stereocenters. The van der Waals surface area contributed by atoms with Crippen LogP contribution in [0.4, 0.5) is 5.95 Å². The highest BCUT2D eigenvalue weighted by atomic mass is 35.5. The second-order valence-electron chi connectivity index (χ2n) is 6.89. The third-order valence-corrected chi connectivity index (χ3v) is 6.11. The lowest BCUT2D eigenvalue weighted by Crippen LogP contribution is -2.12. The minimum Gasteiger partial charge on any atom is -0.489 e. The summed E-state index contributed by atoms with van der Waals surface area (Å²) in [6, 6.07) is 15.0. The van der Waals surface area contributed by atoms with Crippen molar-refractivity contribution >= 4 is 46.4 Å². The van der Waals surface area contributed by atoms with Crippen molar-refractivity contribution in [1.29, 1.82) is 0 Å². The summed E-state index contributed by atoms with van der Waals surface area (Å²) in [5, 5.41) is 9.89. The van der Waals surface area contributed by atoms with Gasteiger partial charge in [-0.3, -0.25) is 10.1 Å². The molecule has 6 nitrogen and oxygen atoms in total. The van der Waals surface area contributed by atoms with E-state index < -0.39 is 0 Å². The first-order chi connectivity index (χ1) is 15.0. The zero-order valence-corrected chi connectivity index (χ0v) is 18.8. The maximum Gasteiger partial charge on any atom is 0.268 e. The third kappa shape index (κ3) is 5.64. The fourth-order valence-corrected chi connectivity index (χ4v) is 3.90. The lowest BCUT2D eigenvalue weighted by molar-refractivity contribution is 0.102. The van der Waals surface area contributed by atoms with Crippen LogP contribution in [0.2, 0.25) is 10.0 Å². The van der Waals surface area contributed by atoms with Gasteiger partial charge in [-0.1, -0.05) is 47.0 Å². The summed E-state index contributed by atoms with van der Waals surface area (Å²) in [5.74, 6) is 0.759. The molecule has 0 aliphatic carbocycles. The standard InChI is InChI=1S/C22H18Cl2N4O2S/c1-14-2-5-17(6-3-14)30-11-16-9-20(31-12-16)21(29)26-22-25-13-28(27-22)10-15-4-7-18(23)19(24)8-15/h2-9,12-13H,10-11H2,1H3,(H,26,27,29). The number of anilines is 1. The Labute approximate surface area is 193 Å². The molecule has 31 heavy (non-hydrogen) atoms. The number of halogens is 2. The van der Waals surface area contributed by atoms with E-state index in [1.807, 2.05) is 42.6 Å². The van der Waals surface area contributed by atoms with Gasteiger partial charge in [-0.2, -0.15) is 0 Å². The molecule has 2 heterocycles. The van der Waals surface area contributed by atoms with Gasteiger partial charge in [0, 0.05) is 5.56 Å². The molecule has 4 rings (SSSR count). The molecule has 1 amide bonds. The molecular weight excluding hydrogens is 455 g/mol. The van der Waals surface area contributed by atoms with E-state index in [1.165, 1.54) is 16.9 Å². The van der Waals surface area contributed by atoms with E-state index in [1.54, 1.807) is 29.2 Å². The minimum atomic E-state index is -0.265. The number of carbonyl (C=O) groups excluding carboxylic acids is 1. The number of thiophene rings is 1. The zero-order chi connectivity index (χ0) is 21.8. The number of rotatable bonds is 7. The molecule has 0 aliphatic heterocycles. The molecule has 0 spiro atoms. The summed E-state index contributed by atoms with van der Waals surface area (Å²) >= 11 is 13.3. The molecule has 1 N–H and O–H groups in total. The summed E-state index contributed by atoms with van der Waals surface area (Å²) in [6.45, 7) is 2.88. The van der Waals surface area contributed by atoms with Crippen molar-refractivity contribution in [2.45, 2.75) is 20.1 Å². The van der Waals surface area contributed by atoms with Gasteiger partial charge in [0.25, 0.3) is 5.91 Å². The average molecular weight is 473 g/mol. The monoisotopic (exact) mass is 472 g/mol. The van der Waals surface area contributed by atoms with Crippen molar-refractivity contribution < 1.29 is 9.53 Å². The first kappa shape index (κ1) is 21.4. The predicted molar refractivity (Wildman–Crippen MR) is 123 cm³/mol. The molecule has 4 aromatic rings. The first-order valence-electron chi connectivity index (χ1n) is 9.38. The highest BCUT2D eigenvalue weighted by Crippen LogP contribution is 2.23. The number of ether oxygens (including phenoxy) is 1. The largest absolute Gasteiger partial charge is 0.489 e. The molecule has 2 aromatic carbocycles. The molecule has 0 bridgehead atoms. The SMILES string of the molecule is Cc1ccc(OCc2csc(C(=O)Nc3ncn(Cc4ccc(Cl)c(Cl)c4)n3)c2)cc1. The topological polar surface area (TPSA) is 69.0 Å². The lowest BCUT2D eigenvalue weighted by atomic mass is 10.2. The van der Waals surface area contributed by atoms with Gasteiger partial charge in [0.1, 0.15) is 18.7 Å². The summed E-state index contributed by atoms with van der Waals surface area (Å²) in [7, 11) is 0. The predicted octanol–water partition coefficient (Wildman–Crippen LogP) is 5.83.